The molecule has 4 bridgehead atoms. The van der Waals surface area contributed by atoms with Crippen LogP contribution in [0.3, 0.4) is 0 Å². The van der Waals surface area contributed by atoms with Gasteiger partial charge in [0.1, 0.15) is 6.54 Å². The summed E-state index contributed by atoms with van der Waals surface area (Å²) in [5, 5.41) is 2.88. The maximum Gasteiger partial charge on any atom is 0.245 e. The van der Waals surface area contributed by atoms with E-state index in [2.05, 4.69) is 40.0 Å². The quantitative estimate of drug-likeness (QED) is 0.493. The molecule has 2 aromatic carbocycles. The summed E-state index contributed by atoms with van der Waals surface area (Å²) in [5.74, 6) is 2.33. The Balaban J connectivity index is 1.28. The number of amides is 1. The molecule has 0 aromatic heterocycles. The number of nitrogens with one attached hydrogen (secondary N) is 1. The highest BCUT2D eigenvalue weighted by Crippen LogP contribution is 2.60. The van der Waals surface area contributed by atoms with Crippen molar-refractivity contribution in [2.45, 2.75) is 43.9 Å². The summed E-state index contributed by atoms with van der Waals surface area (Å²) in [7, 11) is -3.58. The van der Waals surface area contributed by atoms with Gasteiger partial charge < -0.3 is 5.32 Å². The van der Waals surface area contributed by atoms with E-state index in [1.54, 1.807) is 12.1 Å². The summed E-state index contributed by atoms with van der Waals surface area (Å²) in [4.78, 5) is 12.7. The van der Waals surface area contributed by atoms with E-state index in [0.29, 0.717) is 16.8 Å². The van der Waals surface area contributed by atoms with Gasteiger partial charge in [0.2, 0.25) is 15.9 Å². The number of halogens is 1. The minimum atomic E-state index is -3.58. The fourth-order valence-corrected chi connectivity index (χ4v) is 7.93. The van der Waals surface area contributed by atoms with Gasteiger partial charge in [-0.3, -0.25) is 9.10 Å². The molecule has 4 aliphatic rings. The molecule has 1 amide bonds. The Morgan fingerprint density at radius 3 is 2.00 bits per heavy atom. The highest BCUT2D eigenvalue weighted by Gasteiger charge is 2.51. The van der Waals surface area contributed by atoms with E-state index in [-0.39, 0.29) is 12.5 Å². The van der Waals surface area contributed by atoms with Crippen molar-refractivity contribution in [1.29, 1.82) is 0 Å². The first kappa shape index (κ1) is 22.2. The Morgan fingerprint density at radius 1 is 0.969 bits per heavy atom. The third-order valence-electron chi connectivity index (χ3n) is 7.62. The van der Waals surface area contributed by atoms with Crippen LogP contribution in [0.4, 0.5) is 11.4 Å². The Morgan fingerprint density at radius 2 is 1.50 bits per heavy atom. The van der Waals surface area contributed by atoms with Gasteiger partial charge in [0.25, 0.3) is 0 Å². The van der Waals surface area contributed by atoms with Gasteiger partial charge in [-0.05, 0) is 126 Å². The number of carbonyl (C=O) groups excluding carboxylic acids is 1. The fourth-order valence-electron chi connectivity index (χ4n) is 6.71. The molecule has 0 aliphatic heterocycles. The number of benzene rings is 2. The number of sulfonamides is 1. The van der Waals surface area contributed by atoms with Crippen molar-refractivity contribution in [2.75, 3.05) is 22.4 Å². The minimum Gasteiger partial charge on any atom is -0.325 e. The second kappa shape index (κ2) is 8.31. The van der Waals surface area contributed by atoms with Crippen LogP contribution in [-0.2, 0) is 20.2 Å². The standard InChI is InChI=1S/C25H29IN2O3S/c1-32(30,31)28(23-8-4-21(26)5-9-23)16-24(29)27-22-6-2-20(3-7-22)25-13-17-10-18(14-25)12-19(11-17)15-25/h2-9,17-19H,10-16H2,1H3,(H,27,29). The predicted molar refractivity (Wildman–Crippen MR) is 136 cm³/mol. The van der Waals surface area contributed by atoms with Crippen molar-refractivity contribution >= 4 is 49.9 Å². The number of hydrogen-bond acceptors (Lipinski definition) is 3. The van der Waals surface area contributed by atoms with Gasteiger partial charge >= 0.3 is 0 Å². The van der Waals surface area contributed by atoms with Crippen LogP contribution in [0.5, 0.6) is 0 Å². The number of rotatable bonds is 6. The number of carbonyl (C=O) groups is 1. The van der Waals surface area contributed by atoms with E-state index in [4.69, 9.17) is 0 Å². The number of nitrogens with zero attached hydrogens (tertiary/aromatic N) is 1. The molecule has 0 spiro atoms. The number of hydrogen-bond donors (Lipinski definition) is 1. The Labute approximate surface area is 204 Å². The molecule has 4 saturated carbocycles. The van der Waals surface area contributed by atoms with Gasteiger partial charge in [-0.2, -0.15) is 0 Å². The summed E-state index contributed by atoms with van der Waals surface area (Å²) in [6.45, 7) is -0.254. The van der Waals surface area contributed by atoms with Crippen LogP contribution in [0.25, 0.3) is 0 Å². The monoisotopic (exact) mass is 564 g/mol. The highest BCUT2D eigenvalue weighted by molar-refractivity contribution is 14.1. The van der Waals surface area contributed by atoms with E-state index >= 15 is 0 Å². The zero-order chi connectivity index (χ0) is 22.5. The molecule has 7 heteroatoms. The Hall–Kier alpha value is -1.61. The molecule has 2 aromatic rings. The van der Waals surface area contributed by atoms with E-state index in [9.17, 15) is 13.2 Å². The molecule has 5 nitrogen and oxygen atoms in total. The SMILES string of the molecule is CS(=O)(=O)N(CC(=O)Nc1ccc(C23CC4CC(CC(C4)C2)C3)cc1)c1ccc(I)cc1. The summed E-state index contributed by atoms with van der Waals surface area (Å²) >= 11 is 2.16. The third-order valence-corrected chi connectivity index (χ3v) is 9.48. The zero-order valence-corrected chi connectivity index (χ0v) is 21.2. The molecule has 1 N–H and O–H groups in total. The molecule has 4 aliphatic carbocycles. The van der Waals surface area contributed by atoms with Crippen LogP contribution in [0.1, 0.15) is 44.1 Å². The molecular weight excluding hydrogens is 535 g/mol. The van der Waals surface area contributed by atoms with Gasteiger partial charge in [-0.25, -0.2) is 8.42 Å². The van der Waals surface area contributed by atoms with Gasteiger partial charge in [0.05, 0.1) is 11.9 Å². The summed E-state index contributed by atoms with van der Waals surface area (Å²) < 4.78 is 26.7. The lowest BCUT2D eigenvalue weighted by Gasteiger charge is -2.57. The molecule has 4 fully saturated rings. The van der Waals surface area contributed by atoms with Crippen LogP contribution in [-0.4, -0.2) is 27.1 Å². The van der Waals surface area contributed by atoms with E-state index < -0.39 is 10.0 Å². The van der Waals surface area contributed by atoms with Gasteiger partial charge in [0.15, 0.2) is 0 Å². The smallest absolute Gasteiger partial charge is 0.245 e. The lowest BCUT2D eigenvalue weighted by atomic mass is 9.48. The predicted octanol–water partition coefficient (Wildman–Crippen LogP) is 5.16. The van der Waals surface area contributed by atoms with Crippen molar-refractivity contribution in [3.63, 3.8) is 0 Å². The highest BCUT2D eigenvalue weighted by atomic mass is 127. The molecule has 0 heterocycles. The summed E-state index contributed by atoms with van der Waals surface area (Å²) in [6, 6.07) is 15.4. The van der Waals surface area contributed by atoms with Crippen molar-refractivity contribution in [2.24, 2.45) is 17.8 Å². The average molecular weight is 564 g/mol. The van der Waals surface area contributed by atoms with E-state index in [1.807, 2.05) is 24.3 Å². The van der Waals surface area contributed by atoms with Crippen molar-refractivity contribution in [3.8, 4) is 0 Å². The maximum absolute atomic E-state index is 12.7. The van der Waals surface area contributed by atoms with Gasteiger partial charge in [-0.15, -0.1) is 0 Å². The normalized spacial score (nSPS) is 28.5. The molecule has 32 heavy (non-hydrogen) atoms. The van der Waals surface area contributed by atoms with Crippen molar-refractivity contribution in [1.82, 2.24) is 0 Å². The van der Waals surface area contributed by atoms with Crippen molar-refractivity contribution < 1.29 is 13.2 Å². The first-order chi connectivity index (χ1) is 15.2. The van der Waals surface area contributed by atoms with Crippen LogP contribution in [0, 0.1) is 21.3 Å². The first-order valence-electron chi connectivity index (χ1n) is 11.3. The number of anilines is 2. The summed E-state index contributed by atoms with van der Waals surface area (Å²) in [5.41, 5.74) is 2.93. The van der Waals surface area contributed by atoms with Crippen molar-refractivity contribution in [3.05, 3.63) is 57.7 Å². The first-order valence-corrected chi connectivity index (χ1v) is 14.3. The van der Waals surface area contributed by atoms with Gasteiger partial charge in [0, 0.05) is 9.26 Å². The van der Waals surface area contributed by atoms with E-state index in [0.717, 1.165) is 31.9 Å². The maximum atomic E-state index is 12.7. The lowest BCUT2D eigenvalue weighted by Crippen LogP contribution is -2.48. The average Bonchev–Trinajstić information content (AvgIpc) is 2.71. The minimum absolute atomic E-state index is 0.254. The van der Waals surface area contributed by atoms with Gasteiger partial charge in [-0.1, -0.05) is 12.1 Å². The van der Waals surface area contributed by atoms with Crippen LogP contribution < -0.4 is 9.62 Å². The molecule has 0 saturated heterocycles. The van der Waals surface area contributed by atoms with Crippen LogP contribution in [0.15, 0.2) is 48.5 Å². The van der Waals surface area contributed by atoms with Crippen LogP contribution in [0.2, 0.25) is 0 Å². The third kappa shape index (κ3) is 4.42. The zero-order valence-electron chi connectivity index (χ0n) is 18.3. The van der Waals surface area contributed by atoms with Crippen LogP contribution >= 0.6 is 22.6 Å². The second-order valence-electron chi connectivity index (χ2n) is 10.1. The molecule has 6 rings (SSSR count). The second-order valence-corrected chi connectivity index (χ2v) is 13.2. The molecule has 0 atom stereocenters. The molecular formula is C25H29IN2O3S. The topological polar surface area (TPSA) is 66.5 Å². The Kier molecular flexibility index (Phi) is 5.76. The molecule has 170 valence electrons. The summed E-state index contributed by atoms with van der Waals surface area (Å²) in [6.07, 6.45) is 9.32. The molecule has 0 radical (unpaired) electrons. The fraction of sp³-hybridized carbons (Fsp3) is 0.480. The largest absolute Gasteiger partial charge is 0.325 e. The Bertz CT molecular complexity index is 1080. The van der Waals surface area contributed by atoms with E-state index in [1.165, 1.54) is 44.1 Å². The lowest BCUT2D eigenvalue weighted by molar-refractivity contribution is -0.114. The molecule has 0 unspecified atom stereocenters.